The molecule has 0 radical (unpaired) electrons. The van der Waals surface area contributed by atoms with Gasteiger partial charge in [-0.1, -0.05) is 96.8 Å². The number of carbonyl (C=O) groups is 1. The highest BCUT2D eigenvalue weighted by molar-refractivity contribution is 5.69. The number of ether oxygens (including phenoxy) is 4. The lowest BCUT2D eigenvalue weighted by Crippen LogP contribution is -2.66. The lowest BCUT2D eigenvalue weighted by Gasteiger charge is -2.49. The van der Waals surface area contributed by atoms with Crippen LogP contribution in [-0.2, 0) is 23.7 Å². The van der Waals surface area contributed by atoms with E-state index >= 15 is 0 Å². The zero-order chi connectivity index (χ0) is 31.7. The first kappa shape index (κ1) is 38.3. The average molecular weight is 623 g/mol. The first-order valence-corrected chi connectivity index (χ1v) is 16.5. The molecule has 43 heavy (non-hydrogen) atoms. The summed E-state index contributed by atoms with van der Waals surface area (Å²) in [5, 5.41) is 70.9. The van der Waals surface area contributed by atoms with E-state index in [1.165, 1.54) is 70.6 Å². The minimum atomic E-state index is -2.20. The molecule has 0 amide bonds. The fourth-order valence-electron chi connectivity index (χ4n) is 5.74. The molecule has 0 aromatic rings. The van der Waals surface area contributed by atoms with Crippen LogP contribution in [0.5, 0.6) is 0 Å². The van der Waals surface area contributed by atoms with E-state index in [9.17, 15) is 40.5 Å². The molecular formula is C31H58O12. The van der Waals surface area contributed by atoms with Gasteiger partial charge in [0.2, 0.25) is 12.1 Å². The van der Waals surface area contributed by atoms with E-state index < -0.39 is 80.6 Å². The molecule has 0 saturated carbocycles. The van der Waals surface area contributed by atoms with Crippen LogP contribution in [0.3, 0.4) is 0 Å². The maximum Gasteiger partial charge on any atom is 0.306 e. The third kappa shape index (κ3) is 12.4. The molecule has 2 aliphatic heterocycles. The Kier molecular flexibility index (Phi) is 18.7. The van der Waals surface area contributed by atoms with Crippen LogP contribution in [0.1, 0.15) is 116 Å². The molecule has 2 rings (SSSR count). The van der Waals surface area contributed by atoms with Crippen LogP contribution in [0, 0.1) is 0 Å². The summed E-state index contributed by atoms with van der Waals surface area (Å²) in [6, 6.07) is 0. The molecule has 0 bridgehead atoms. The van der Waals surface area contributed by atoms with E-state index in [4.69, 9.17) is 18.9 Å². The molecule has 2 aliphatic rings. The van der Waals surface area contributed by atoms with Crippen molar-refractivity contribution in [3.05, 3.63) is 0 Å². The highest BCUT2D eigenvalue weighted by atomic mass is 16.8. The van der Waals surface area contributed by atoms with Gasteiger partial charge in [0.25, 0.3) is 0 Å². The van der Waals surface area contributed by atoms with Gasteiger partial charge in [0, 0.05) is 12.8 Å². The zero-order valence-electron chi connectivity index (χ0n) is 25.9. The van der Waals surface area contributed by atoms with Gasteiger partial charge in [-0.25, -0.2) is 0 Å². The van der Waals surface area contributed by atoms with Crippen LogP contribution >= 0.6 is 0 Å². The van der Waals surface area contributed by atoms with Crippen LogP contribution in [0.2, 0.25) is 0 Å². The third-order valence-electron chi connectivity index (χ3n) is 8.54. The predicted molar refractivity (Wildman–Crippen MR) is 157 cm³/mol. The second-order valence-electron chi connectivity index (χ2n) is 12.1. The van der Waals surface area contributed by atoms with Crippen LogP contribution in [0.4, 0.5) is 0 Å². The molecule has 12 nitrogen and oxygen atoms in total. The Hall–Kier alpha value is -0.930. The van der Waals surface area contributed by atoms with Gasteiger partial charge in [0.05, 0.1) is 19.3 Å². The van der Waals surface area contributed by atoms with E-state index in [-0.39, 0.29) is 12.8 Å². The van der Waals surface area contributed by atoms with Gasteiger partial charge in [-0.15, -0.1) is 0 Å². The summed E-state index contributed by atoms with van der Waals surface area (Å²) in [5.74, 6) is -2.85. The number of aliphatic hydroxyl groups excluding tert-OH is 7. The van der Waals surface area contributed by atoms with Crippen molar-refractivity contribution in [3.63, 3.8) is 0 Å². The fourth-order valence-corrected chi connectivity index (χ4v) is 5.74. The minimum absolute atomic E-state index is 0.0662. The molecule has 0 spiro atoms. The number of hydrogen-bond acceptors (Lipinski definition) is 12. The van der Waals surface area contributed by atoms with E-state index in [1.807, 2.05) is 0 Å². The Morgan fingerprint density at radius 3 is 1.74 bits per heavy atom. The molecule has 9 atom stereocenters. The molecule has 4 unspecified atom stereocenters. The molecule has 0 aromatic heterocycles. The van der Waals surface area contributed by atoms with Gasteiger partial charge in [-0.2, -0.15) is 0 Å². The van der Waals surface area contributed by atoms with E-state index in [0.717, 1.165) is 19.3 Å². The molecule has 254 valence electrons. The molecule has 2 heterocycles. The van der Waals surface area contributed by atoms with Crippen LogP contribution in [0.15, 0.2) is 0 Å². The summed E-state index contributed by atoms with van der Waals surface area (Å²) in [4.78, 5) is 12.7. The van der Waals surface area contributed by atoms with Crippen molar-refractivity contribution >= 4 is 5.97 Å². The van der Waals surface area contributed by atoms with Gasteiger partial charge >= 0.3 is 5.97 Å². The average Bonchev–Trinajstić information content (AvgIpc) is 3.00. The van der Waals surface area contributed by atoms with Gasteiger partial charge in [-0.05, 0) is 6.42 Å². The van der Waals surface area contributed by atoms with Gasteiger partial charge in [0.1, 0.15) is 37.1 Å². The van der Waals surface area contributed by atoms with Crippen LogP contribution in [0.25, 0.3) is 0 Å². The maximum atomic E-state index is 12.7. The first-order valence-electron chi connectivity index (χ1n) is 16.5. The quantitative estimate of drug-likeness (QED) is 0.0684. The number of rotatable bonds is 22. The van der Waals surface area contributed by atoms with Crippen molar-refractivity contribution in [2.75, 3.05) is 19.8 Å². The highest BCUT2D eigenvalue weighted by Gasteiger charge is 2.55. The molecule has 2 saturated heterocycles. The lowest BCUT2D eigenvalue weighted by atomic mass is 9.95. The van der Waals surface area contributed by atoms with Crippen LogP contribution in [-0.4, -0.2) is 116 Å². The first-order chi connectivity index (χ1) is 20.7. The highest BCUT2D eigenvalue weighted by Crippen LogP contribution is 2.35. The van der Waals surface area contributed by atoms with Crippen molar-refractivity contribution in [3.8, 4) is 0 Å². The van der Waals surface area contributed by atoms with Crippen molar-refractivity contribution in [2.45, 2.75) is 171 Å². The maximum absolute atomic E-state index is 12.7. The summed E-state index contributed by atoms with van der Waals surface area (Å²) in [6.07, 6.45) is 5.70. The van der Waals surface area contributed by atoms with Crippen molar-refractivity contribution < 1.29 is 59.5 Å². The zero-order valence-corrected chi connectivity index (χ0v) is 25.9. The smallest absolute Gasteiger partial charge is 0.306 e. The third-order valence-corrected chi connectivity index (χ3v) is 8.54. The van der Waals surface area contributed by atoms with E-state index in [0.29, 0.717) is 6.42 Å². The van der Waals surface area contributed by atoms with Crippen molar-refractivity contribution in [1.29, 1.82) is 0 Å². The summed E-state index contributed by atoms with van der Waals surface area (Å²) >= 11 is 0. The fraction of sp³-hybridized carbons (Fsp3) is 0.968. The second kappa shape index (κ2) is 21.0. The molecule has 7 N–H and O–H groups in total. The van der Waals surface area contributed by atoms with Gasteiger partial charge in [0.15, 0.2) is 6.10 Å². The molecule has 0 aliphatic carbocycles. The summed E-state index contributed by atoms with van der Waals surface area (Å²) in [5.41, 5.74) is 0. The topological polar surface area (TPSA) is 196 Å². The minimum Gasteiger partial charge on any atom is -0.454 e. The Bertz CT molecular complexity index is 742. The Morgan fingerprint density at radius 1 is 0.744 bits per heavy atom. The number of carbonyl (C=O) groups excluding carboxylic acids is 1. The summed E-state index contributed by atoms with van der Waals surface area (Å²) in [7, 11) is 0. The molecule has 12 heteroatoms. The number of hydrogen-bond donors (Lipinski definition) is 7. The van der Waals surface area contributed by atoms with Crippen molar-refractivity contribution in [2.24, 2.45) is 0 Å². The number of esters is 1. The van der Waals surface area contributed by atoms with E-state index in [2.05, 4.69) is 6.92 Å². The monoisotopic (exact) mass is 622 g/mol. The van der Waals surface area contributed by atoms with Gasteiger partial charge < -0.3 is 54.7 Å². The Balaban J connectivity index is 1.76. The number of aliphatic hydroxyl groups is 7. The van der Waals surface area contributed by atoms with Gasteiger partial charge in [-0.3, -0.25) is 4.79 Å². The Morgan fingerprint density at radius 2 is 1.26 bits per heavy atom. The predicted octanol–water partition coefficient (Wildman–Crippen LogP) is 1.81. The second-order valence-corrected chi connectivity index (χ2v) is 12.1. The van der Waals surface area contributed by atoms with E-state index in [1.54, 1.807) is 0 Å². The van der Waals surface area contributed by atoms with Crippen molar-refractivity contribution in [1.82, 2.24) is 0 Å². The summed E-state index contributed by atoms with van der Waals surface area (Å²) in [6.45, 7) is -0.0328. The standard InChI is InChI=1S/C31H58O12/c1-2-3-4-5-6-7-8-9-10-11-12-13-14-15-16-17-26(37)41-29-28(39)27(38)24(20-33)40-30(29)43-31(21-34)25(36)18-22(35)23(19-32)42-31/h22-25,27-30,32-36,38-39H,2-21H2,1H3/t22?,23-,24?,25-,27-,28?,29?,30+,31+/m1/s1. The summed E-state index contributed by atoms with van der Waals surface area (Å²) < 4.78 is 22.2. The molecule has 2 fully saturated rings. The molecular weight excluding hydrogens is 564 g/mol. The number of unbranched alkanes of at least 4 members (excludes halogenated alkanes) is 14. The lowest BCUT2D eigenvalue weighted by molar-refractivity contribution is -0.417. The Labute approximate surface area is 256 Å². The molecule has 0 aromatic carbocycles. The normalized spacial score (nSPS) is 33.0. The van der Waals surface area contributed by atoms with Crippen LogP contribution < -0.4 is 0 Å². The SMILES string of the molecule is CCCCCCCCCCCCCCCCCC(=O)OC1C(O)[C@H](O)C(CO)O[C@H]1O[C@]1(CO)O[C@H](CO)C(O)C[C@H]1O. The largest absolute Gasteiger partial charge is 0.454 e.